The fourth-order valence-electron chi connectivity index (χ4n) is 2.32. The molecule has 1 atom stereocenters. The van der Waals surface area contributed by atoms with Crippen LogP contribution in [0.15, 0.2) is 24.3 Å². The van der Waals surface area contributed by atoms with E-state index < -0.39 is 0 Å². The van der Waals surface area contributed by atoms with Crippen molar-refractivity contribution in [2.75, 3.05) is 38.2 Å². The highest BCUT2D eigenvalue weighted by Crippen LogP contribution is 2.21. The monoisotopic (exact) mass is 245 g/mol. The van der Waals surface area contributed by atoms with Gasteiger partial charge in [0.05, 0.1) is 11.3 Å². The van der Waals surface area contributed by atoms with E-state index in [0.29, 0.717) is 0 Å². The quantitative estimate of drug-likeness (QED) is 0.812. The Morgan fingerprint density at radius 2 is 1.89 bits per heavy atom. The molecule has 4 heteroatoms. The van der Waals surface area contributed by atoms with Gasteiger partial charge in [0.1, 0.15) is 12.3 Å². The Labute approximate surface area is 108 Å². The van der Waals surface area contributed by atoms with Crippen molar-refractivity contribution in [2.45, 2.75) is 13.2 Å². The van der Waals surface area contributed by atoms with E-state index in [1.807, 2.05) is 24.3 Å². The molecular weight excluding hydrogens is 226 g/mol. The van der Waals surface area contributed by atoms with E-state index in [1.165, 1.54) is 0 Å². The largest absolute Gasteiger partial charge is 0.368 e. The van der Waals surface area contributed by atoms with E-state index in [-0.39, 0.29) is 6.23 Å². The fraction of sp³-hybridized carbons (Fsp3) is 0.500. The summed E-state index contributed by atoms with van der Waals surface area (Å²) < 4.78 is 5.33. The van der Waals surface area contributed by atoms with E-state index in [1.54, 1.807) is 7.11 Å². The molecular formula is C14H19N3O. The lowest BCUT2D eigenvalue weighted by molar-refractivity contribution is -0.0212. The molecule has 2 rings (SSSR count). The third-order valence-corrected chi connectivity index (χ3v) is 3.53. The van der Waals surface area contributed by atoms with Gasteiger partial charge in [-0.1, -0.05) is 12.1 Å². The number of rotatable bonds is 3. The van der Waals surface area contributed by atoms with Crippen LogP contribution in [-0.2, 0) is 4.74 Å². The second-order valence-electron chi connectivity index (χ2n) is 4.49. The molecule has 4 nitrogen and oxygen atoms in total. The zero-order valence-electron chi connectivity index (χ0n) is 11.0. The molecule has 1 aromatic rings. The minimum Gasteiger partial charge on any atom is -0.368 e. The van der Waals surface area contributed by atoms with E-state index in [4.69, 9.17) is 10.00 Å². The van der Waals surface area contributed by atoms with Gasteiger partial charge in [-0.25, -0.2) is 0 Å². The van der Waals surface area contributed by atoms with Gasteiger partial charge in [0, 0.05) is 33.3 Å². The van der Waals surface area contributed by atoms with Crippen molar-refractivity contribution >= 4 is 5.69 Å². The molecule has 0 saturated carbocycles. The predicted molar refractivity (Wildman–Crippen MR) is 71.4 cm³/mol. The van der Waals surface area contributed by atoms with Crippen molar-refractivity contribution in [3.05, 3.63) is 29.8 Å². The highest BCUT2D eigenvalue weighted by atomic mass is 16.5. The molecule has 1 unspecified atom stereocenters. The van der Waals surface area contributed by atoms with Crippen LogP contribution in [-0.4, -0.2) is 44.4 Å². The van der Waals surface area contributed by atoms with Gasteiger partial charge in [-0.2, -0.15) is 5.26 Å². The van der Waals surface area contributed by atoms with Crippen LogP contribution in [0.5, 0.6) is 0 Å². The zero-order chi connectivity index (χ0) is 13.0. The van der Waals surface area contributed by atoms with Crippen molar-refractivity contribution < 1.29 is 4.74 Å². The summed E-state index contributed by atoms with van der Waals surface area (Å²) in [4.78, 5) is 4.59. The van der Waals surface area contributed by atoms with Crippen LogP contribution in [0.2, 0.25) is 0 Å². The Morgan fingerprint density at radius 1 is 1.22 bits per heavy atom. The van der Waals surface area contributed by atoms with Crippen LogP contribution in [0.4, 0.5) is 5.69 Å². The standard InChI is InChI=1S/C14H19N3O/c1-12(18-2)16-7-9-17(10-8-16)14-6-4-3-5-13(14)11-15/h3-6,12H,7-10H2,1-2H3. The number of benzene rings is 1. The molecule has 0 N–H and O–H groups in total. The maximum Gasteiger partial charge on any atom is 0.107 e. The number of anilines is 1. The predicted octanol–water partition coefficient (Wildman–Crippen LogP) is 1.67. The normalized spacial score (nSPS) is 18.4. The number of nitriles is 1. The number of piperazine rings is 1. The minimum absolute atomic E-state index is 0.165. The van der Waals surface area contributed by atoms with E-state index in [2.05, 4.69) is 22.8 Å². The lowest BCUT2D eigenvalue weighted by atomic mass is 10.1. The first-order valence-corrected chi connectivity index (χ1v) is 6.27. The molecule has 1 aliphatic rings. The summed E-state index contributed by atoms with van der Waals surface area (Å²) in [5.74, 6) is 0. The summed E-state index contributed by atoms with van der Waals surface area (Å²) >= 11 is 0. The van der Waals surface area contributed by atoms with Gasteiger partial charge >= 0.3 is 0 Å². The van der Waals surface area contributed by atoms with Gasteiger partial charge < -0.3 is 9.64 Å². The number of methoxy groups -OCH3 is 1. The molecule has 1 aromatic carbocycles. The second kappa shape index (κ2) is 5.85. The first kappa shape index (κ1) is 12.9. The van der Waals surface area contributed by atoms with E-state index >= 15 is 0 Å². The van der Waals surface area contributed by atoms with Crippen LogP contribution >= 0.6 is 0 Å². The van der Waals surface area contributed by atoms with Crippen LogP contribution in [0.3, 0.4) is 0 Å². The lowest BCUT2D eigenvalue weighted by Gasteiger charge is -2.38. The molecule has 0 aromatic heterocycles. The summed E-state index contributed by atoms with van der Waals surface area (Å²) in [6.07, 6.45) is 0.165. The number of para-hydroxylation sites is 1. The topological polar surface area (TPSA) is 39.5 Å². The second-order valence-corrected chi connectivity index (χ2v) is 4.49. The first-order chi connectivity index (χ1) is 8.76. The SMILES string of the molecule is COC(C)N1CCN(c2ccccc2C#N)CC1. The van der Waals surface area contributed by atoms with Gasteiger partial charge in [-0.15, -0.1) is 0 Å². The fourth-order valence-corrected chi connectivity index (χ4v) is 2.32. The van der Waals surface area contributed by atoms with Crippen LogP contribution in [0.1, 0.15) is 12.5 Å². The van der Waals surface area contributed by atoms with Crippen LogP contribution < -0.4 is 4.90 Å². The third kappa shape index (κ3) is 2.63. The van der Waals surface area contributed by atoms with Crippen molar-refractivity contribution in [3.63, 3.8) is 0 Å². The maximum absolute atomic E-state index is 9.12. The Morgan fingerprint density at radius 3 is 2.50 bits per heavy atom. The molecule has 0 spiro atoms. The van der Waals surface area contributed by atoms with Gasteiger partial charge in [-0.3, -0.25) is 4.90 Å². The highest BCUT2D eigenvalue weighted by Gasteiger charge is 2.21. The number of hydrogen-bond donors (Lipinski definition) is 0. The Bertz CT molecular complexity index is 433. The van der Waals surface area contributed by atoms with Gasteiger partial charge in [0.25, 0.3) is 0 Å². The average Bonchev–Trinajstić information content (AvgIpc) is 2.46. The van der Waals surface area contributed by atoms with Crippen molar-refractivity contribution in [3.8, 4) is 6.07 Å². The summed E-state index contributed by atoms with van der Waals surface area (Å²) in [7, 11) is 1.74. The van der Waals surface area contributed by atoms with Crippen molar-refractivity contribution in [2.24, 2.45) is 0 Å². The Balaban J connectivity index is 2.04. The molecule has 18 heavy (non-hydrogen) atoms. The number of hydrogen-bond acceptors (Lipinski definition) is 4. The molecule has 1 heterocycles. The summed E-state index contributed by atoms with van der Waals surface area (Å²) in [5, 5.41) is 9.12. The van der Waals surface area contributed by atoms with Crippen LogP contribution in [0, 0.1) is 11.3 Å². The highest BCUT2D eigenvalue weighted by molar-refractivity contribution is 5.59. The minimum atomic E-state index is 0.165. The first-order valence-electron chi connectivity index (χ1n) is 6.27. The molecule has 0 aliphatic carbocycles. The van der Waals surface area contributed by atoms with Crippen LogP contribution in [0.25, 0.3) is 0 Å². The van der Waals surface area contributed by atoms with Gasteiger partial charge in [-0.05, 0) is 19.1 Å². The van der Waals surface area contributed by atoms with Crippen molar-refractivity contribution in [1.82, 2.24) is 4.90 Å². The van der Waals surface area contributed by atoms with Gasteiger partial charge in [0.15, 0.2) is 0 Å². The smallest absolute Gasteiger partial charge is 0.107 e. The molecule has 1 fully saturated rings. The molecule has 0 bridgehead atoms. The lowest BCUT2D eigenvalue weighted by Crippen LogP contribution is -2.50. The van der Waals surface area contributed by atoms with E-state index in [0.717, 1.165) is 37.4 Å². The zero-order valence-corrected chi connectivity index (χ0v) is 11.0. The molecule has 0 amide bonds. The summed E-state index contributed by atoms with van der Waals surface area (Å²) in [6.45, 7) is 5.88. The number of nitrogens with zero attached hydrogens (tertiary/aromatic N) is 3. The van der Waals surface area contributed by atoms with Gasteiger partial charge in [0.2, 0.25) is 0 Å². The Hall–Kier alpha value is -1.57. The summed E-state index contributed by atoms with van der Waals surface area (Å²) in [5.41, 5.74) is 1.80. The molecule has 1 aliphatic heterocycles. The molecule has 96 valence electrons. The van der Waals surface area contributed by atoms with E-state index in [9.17, 15) is 0 Å². The van der Waals surface area contributed by atoms with Crippen molar-refractivity contribution in [1.29, 1.82) is 5.26 Å². The maximum atomic E-state index is 9.12. The molecule has 0 radical (unpaired) electrons. The number of ether oxygens (including phenoxy) is 1. The average molecular weight is 245 g/mol. The summed E-state index contributed by atoms with van der Waals surface area (Å²) in [6, 6.07) is 10.0. The Kier molecular flexibility index (Phi) is 4.19. The molecule has 1 saturated heterocycles. The third-order valence-electron chi connectivity index (χ3n) is 3.53.